The predicted molar refractivity (Wildman–Crippen MR) is 80.4 cm³/mol. The van der Waals surface area contributed by atoms with Crippen LogP contribution in [0, 0.1) is 6.92 Å². The molecule has 0 aliphatic carbocycles. The summed E-state index contributed by atoms with van der Waals surface area (Å²) in [6.45, 7) is 2.46. The average Bonchev–Trinajstić information content (AvgIpc) is 2.87. The molecule has 0 saturated carbocycles. The number of carboxylic acid groups (broad SMARTS) is 1. The van der Waals surface area contributed by atoms with Gasteiger partial charge in [0.05, 0.1) is 30.8 Å². The molecule has 1 N–H and O–H groups in total. The van der Waals surface area contributed by atoms with Gasteiger partial charge in [-0.15, -0.1) is 11.3 Å². The van der Waals surface area contributed by atoms with Crippen molar-refractivity contribution in [3.63, 3.8) is 0 Å². The third kappa shape index (κ3) is 4.46. The lowest BCUT2D eigenvalue weighted by molar-refractivity contribution is -0.136. The van der Waals surface area contributed by atoms with Gasteiger partial charge in [0.15, 0.2) is 11.5 Å². The van der Waals surface area contributed by atoms with Gasteiger partial charge in [-0.3, -0.25) is 4.79 Å². The van der Waals surface area contributed by atoms with E-state index in [2.05, 4.69) is 4.98 Å². The zero-order valence-electron chi connectivity index (χ0n) is 12.0. The Labute approximate surface area is 127 Å². The molecule has 0 fully saturated rings. The van der Waals surface area contributed by atoms with Crippen LogP contribution in [0.3, 0.4) is 0 Å². The van der Waals surface area contributed by atoms with Crippen molar-refractivity contribution in [2.45, 2.75) is 19.8 Å². The Morgan fingerprint density at radius 1 is 1.38 bits per heavy atom. The number of hydrogen-bond donors (Lipinski definition) is 1. The standard InChI is InChI=1S/C15H17NO4S/c1-10-3-4-12(13(7-10)19-2)20-6-5-14-16-11(9-21-14)8-15(17)18/h3-4,7,9H,5-6,8H2,1-2H3,(H,17,18). The molecule has 0 bridgehead atoms. The Bertz CT molecular complexity index is 624. The van der Waals surface area contributed by atoms with Crippen LogP contribution >= 0.6 is 11.3 Å². The van der Waals surface area contributed by atoms with E-state index in [1.807, 2.05) is 25.1 Å². The summed E-state index contributed by atoms with van der Waals surface area (Å²) in [6, 6.07) is 5.77. The van der Waals surface area contributed by atoms with Crippen molar-refractivity contribution in [2.24, 2.45) is 0 Å². The number of rotatable bonds is 7. The molecular weight excluding hydrogens is 290 g/mol. The fourth-order valence-electron chi connectivity index (χ4n) is 1.84. The maximum atomic E-state index is 10.6. The summed E-state index contributed by atoms with van der Waals surface area (Å²) >= 11 is 1.45. The number of aromatic nitrogens is 1. The molecule has 0 saturated heterocycles. The smallest absolute Gasteiger partial charge is 0.309 e. The van der Waals surface area contributed by atoms with E-state index in [4.69, 9.17) is 14.6 Å². The Balaban J connectivity index is 1.89. The molecule has 0 aliphatic rings. The second kappa shape index (κ2) is 7.08. The zero-order valence-corrected chi connectivity index (χ0v) is 12.8. The number of aryl methyl sites for hydroxylation is 1. The van der Waals surface area contributed by atoms with E-state index >= 15 is 0 Å². The third-order valence-electron chi connectivity index (χ3n) is 2.82. The van der Waals surface area contributed by atoms with E-state index in [-0.39, 0.29) is 6.42 Å². The predicted octanol–water partition coefficient (Wildman–Crippen LogP) is 2.71. The minimum absolute atomic E-state index is 0.0385. The molecule has 0 unspecified atom stereocenters. The van der Waals surface area contributed by atoms with Gasteiger partial charge in [-0.1, -0.05) is 6.07 Å². The normalized spacial score (nSPS) is 10.4. The number of thiazole rings is 1. The number of carbonyl (C=O) groups is 1. The van der Waals surface area contributed by atoms with Crippen molar-refractivity contribution >= 4 is 17.3 Å². The topological polar surface area (TPSA) is 68.7 Å². The molecule has 0 spiro atoms. The highest BCUT2D eigenvalue weighted by Gasteiger charge is 2.08. The SMILES string of the molecule is COc1cc(C)ccc1OCCc1nc(CC(=O)O)cs1. The molecule has 0 atom stereocenters. The number of methoxy groups -OCH3 is 1. The minimum Gasteiger partial charge on any atom is -0.493 e. The lowest BCUT2D eigenvalue weighted by atomic mass is 10.2. The summed E-state index contributed by atoms with van der Waals surface area (Å²) in [6.07, 6.45) is 0.602. The number of benzene rings is 1. The Hall–Kier alpha value is -2.08. The molecule has 0 amide bonds. The minimum atomic E-state index is -0.868. The number of hydrogen-bond acceptors (Lipinski definition) is 5. The molecule has 112 valence electrons. The van der Waals surface area contributed by atoms with Crippen LogP contribution < -0.4 is 9.47 Å². The van der Waals surface area contributed by atoms with Crippen LogP contribution in [0.15, 0.2) is 23.6 Å². The first-order chi connectivity index (χ1) is 10.1. The Morgan fingerprint density at radius 3 is 2.90 bits per heavy atom. The average molecular weight is 307 g/mol. The summed E-state index contributed by atoms with van der Waals surface area (Å²) in [5.74, 6) is 0.540. The van der Waals surface area contributed by atoms with Crippen molar-refractivity contribution < 1.29 is 19.4 Å². The monoisotopic (exact) mass is 307 g/mol. The van der Waals surface area contributed by atoms with Crippen LogP contribution in [0.2, 0.25) is 0 Å². The Kier molecular flexibility index (Phi) is 5.16. The molecule has 6 heteroatoms. The quantitative estimate of drug-likeness (QED) is 0.852. The second-order valence-corrected chi connectivity index (χ2v) is 5.50. The van der Waals surface area contributed by atoms with Gasteiger partial charge in [0.1, 0.15) is 0 Å². The largest absolute Gasteiger partial charge is 0.493 e. The highest BCUT2D eigenvalue weighted by molar-refractivity contribution is 7.09. The first-order valence-electron chi connectivity index (χ1n) is 6.51. The zero-order chi connectivity index (χ0) is 15.2. The van der Waals surface area contributed by atoms with Crippen LogP contribution in [-0.4, -0.2) is 29.8 Å². The van der Waals surface area contributed by atoms with Crippen molar-refractivity contribution in [1.29, 1.82) is 0 Å². The van der Waals surface area contributed by atoms with E-state index in [9.17, 15) is 4.79 Å². The molecular formula is C15H17NO4S. The van der Waals surface area contributed by atoms with Gasteiger partial charge in [-0.25, -0.2) is 4.98 Å². The van der Waals surface area contributed by atoms with E-state index in [1.54, 1.807) is 12.5 Å². The molecule has 0 radical (unpaired) electrons. The molecule has 1 aromatic heterocycles. The fourth-order valence-corrected chi connectivity index (χ4v) is 2.62. The fraction of sp³-hybridized carbons (Fsp3) is 0.333. The lowest BCUT2D eigenvalue weighted by Crippen LogP contribution is -2.04. The van der Waals surface area contributed by atoms with E-state index < -0.39 is 5.97 Å². The summed E-state index contributed by atoms with van der Waals surface area (Å²) in [7, 11) is 1.61. The van der Waals surface area contributed by atoms with Crippen LogP contribution in [-0.2, 0) is 17.6 Å². The van der Waals surface area contributed by atoms with Crippen molar-refractivity contribution in [3.8, 4) is 11.5 Å². The summed E-state index contributed by atoms with van der Waals surface area (Å²) in [5, 5.41) is 11.4. The molecule has 5 nitrogen and oxygen atoms in total. The van der Waals surface area contributed by atoms with Gasteiger partial charge < -0.3 is 14.6 Å². The van der Waals surface area contributed by atoms with E-state index in [0.29, 0.717) is 30.2 Å². The van der Waals surface area contributed by atoms with Crippen LogP contribution in [0.1, 0.15) is 16.3 Å². The van der Waals surface area contributed by atoms with Crippen molar-refractivity contribution in [3.05, 3.63) is 39.8 Å². The van der Waals surface area contributed by atoms with E-state index in [1.165, 1.54) is 11.3 Å². The van der Waals surface area contributed by atoms with Gasteiger partial charge in [-0.05, 0) is 24.6 Å². The van der Waals surface area contributed by atoms with Gasteiger partial charge in [-0.2, -0.15) is 0 Å². The Morgan fingerprint density at radius 2 is 2.19 bits per heavy atom. The molecule has 2 aromatic rings. The second-order valence-electron chi connectivity index (χ2n) is 4.56. The maximum absolute atomic E-state index is 10.6. The highest BCUT2D eigenvalue weighted by Crippen LogP contribution is 2.27. The maximum Gasteiger partial charge on any atom is 0.309 e. The van der Waals surface area contributed by atoms with Crippen molar-refractivity contribution in [1.82, 2.24) is 4.98 Å². The number of aliphatic carboxylic acids is 1. The lowest BCUT2D eigenvalue weighted by Gasteiger charge is -2.10. The number of ether oxygens (including phenoxy) is 2. The summed E-state index contributed by atoms with van der Waals surface area (Å²) in [4.78, 5) is 14.9. The van der Waals surface area contributed by atoms with Gasteiger partial charge in [0, 0.05) is 11.8 Å². The summed E-state index contributed by atoms with van der Waals surface area (Å²) < 4.78 is 11.0. The van der Waals surface area contributed by atoms with Gasteiger partial charge in [0.25, 0.3) is 0 Å². The van der Waals surface area contributed by atoms with E-state index in [0.717, 1.165) is 10.6 Å². The first-order valence-corrected chi connectivity index (χ1v) is 7.39. The molecule has 1 aromatic carbocycles. The van der Waals surface area contributed by atoms with Gasteiger partial charge >= 0.3 is 5.97 Å². The molecule has 1 heterocycles. The summed E-state index contributed by atoms with van der Waals surface area (Å²) in [5.41, 5.74) is 1.70. The third-order valence-corrected chi connectivity index (χ3v) is 3.78. The number of carboxylic acids is 1. The van der Waals surface area contributed by atoms with Crippen LogP contribution in [0.5, 0.6) is 11.5 Å². The van der Waals surface area contributed by atoms with Crippen LogP contribution in [0.4, 0.5) is 0 Å². The molecule has 2 rings (SSSR count). The highest BCUT2D eigenvalue weighted by atomic mass is 32.1. The number of nitrogens with zero attached hydrogens (tertiary/aromatic N) is 1. The van der Waals surface area contributed by atoms with Crippen molar-refractivity contribution in [2.75, 3.05) is 13.7 Å². The van der Waals surface area contributed by atoms with Crippen LogP contribution in [0.25, 0.3) is 0 Å². The molecule has 21 heavy (non-hydrogen) atoms. The first kappa shape index (κ1) is 15.3. The van der Waals surface area contributed by atoms with Gasteiger partial charge in [0.2, 0.25) is 0 Å². The molecule has 0 aliphatic heterocycles.